The summed E-state index contributed by atoms with van der Waals surface area (Å²) in [7, 11) is 3.57. The summed E-state index contributed by atoms with van der Waals surface area (Å²) in [4.78, 5) is 8.13. The molecule has 232 valence electrons. The van der Waals surface area contributed by atoms with Gasteiger partial charge in [-0.05, 0) is 0 Å². The fourth-order valence-corrected chi connectivity index (χ4v) is 6.73. The fraction of sp³-hybridized carbons (Fsp3) is 0.583. The summed E-state index contributed by atoms with van der Waals surface area (Å²) in [5, 5.41) is 81.3. The number of aromatic nitrogens is 10. The number of rotatable bonds is 8. The molecule has 2 fully saturated rings. The zero-order valence-corrected chi connectivity index (χ0v) is 23.8. The molecule has 0 radical (unpaired) electrons. The Balaban J connectivity index is 1.25. The van der Waals surface area contributed by atoms with Crippen LogP contribution in [0.15, 0.2) is 37.4 Å². The smallest absolute Gasteiger partial charge is 0.134 e. The third-order valence-electron chi connectivity index (χ3n) is 7.75. The predicted molar refractivity (Wildman–Crippen MR) is 146 cm³/mol. The molecule has 0 bridgehead atoms. The van der Waals surface area contributed by atoms with E-state index in [1.54, 1.807) is 60.7 Å². The van der Waals surface area contributed by atoms with E-state index < -0.39 is 72.8 Å². The van der Waals surface area contributed by atoms with Gasteiger partial charge in [0.1, 0.15) is 71.0 Å². The first-order valence-corrected chi connectivity index (χ1v) is 14.3. The highest BCUT2D eigenvalue weighted by Gasteiger charge is 2.51. The molecule has 4 aromatic rings. The van der Waals surface area contributed by atoms with Crippen molar-refractivity contribution in [1.29, 1.82) is 0 Å². The van der Waals surface area contributed by atoms with Gasteiger partial charge >= 0.3 is 0 Å². The van der Waals surface area contributed by atoms with E-state index in [2.05, 4.69) is 30.6 Å². The molecule has 0 aromatic carbocycles. The van der Waals surface area contributed by atoms with Crippen LogP contribution in [0.25, 0.3) is 22.8 Å². The Bertz CT molecular complexity index is 1420. The second-order valence-corrected chi connectivity index (χ2v) is 11.7. The van der Waals surface area contributed by atoms with Gasteiger partial charge in [-0.1, -0.05) is 22.2 Å². The van der Waals surface area contributed by atoms with Crippen LogP contribution in [-0.4, -0.2) is 140 Å². The van der Waals surface area contributed by atoms with Gasteiger partial charge in [0, 0.05) is 14.1 Å². The van der Waals surface area contributed by atoms with Crippen molar-refractivity contribution in [2.45, 2.75) is 59.6 Å². The van der Waals surface area contributed by atoms with Gasteiger partial charge in [-0.25, -0.2) is 19.3 Å². The zero-order chi connectivity index (χ0) is 30.4. The Morgan fingerprint density at radius 2 is 1.12 bits per heavy atom. The number of hydrogen-bond acceptors (Lipinski definition) is 15. The molecular formula is C24H32N10O8S. The lowest BCUT2D eigenvalue weighted by Gasteiger charge is -2.46. The Kier molecular flexibility index (Phi) is 8.33. The maximum Gasteiger partial charge on any atom is 0.134 e. The largest absolute Gasteiger partial charge is 0.394 e. The van der Waals surface area contributed by atoms with Crippen LogP contribution in [0.2, 0.25) is 0 Å². The van der Waals surface area contributed by atoms with Crippen molar-refractivity contribution in [1.82, 2.24) is 49.1 Å². The maximum atomic E-state index is 11.4. The molecule has 6 rings (SSSR count). The van der Waals surface area contributed by atoms with Gasteiger partial charge in [-0.15, -0.1) is 10.2 Å². The molecule has 2 aliphatic rings. The lowest BCUT2D eigenvalue weighted by molar-refractivity contribution is -0.189. The number of hydrogen-bond donors (Lipinski definition) is 6. The van der Waals surface area contributed by atoms with E-state index in [1.807, 2.05) is 0 Å². The highest BCUT2D eigenvalue weighted by Crippen LogP contribution is 2.42. The molecule has 2 saturated heterocycles. The molecule has 0 aliphatic carbocycles. The number of ether oxygens (including phenoxy) is 2. The summed E-state index contributed by atoms with van der Waals surface area (Å²) >= 11 is 0.871. The third-order valence-corrected chi connectivity index (χ3v) is 9.07. The van der Waals surface area contributed by atoms with E-state index >= 15 is 0 Å². The van der Waals surface area contributed by atoms with Gasteiger partial charge in [0.15, 0.2) is 0 Å². The van der Waals surface area contributed by atoms with Crippen molar-refractivity contribution < 1.29 is 40.1 Å². The monoisotopic (exact) mass is 620 g/mol. The molecule has 2 aliphatic heterocycles. The van der Waals surface area contributed by atoms with Crippen LogP contribution in [0, 0.1) is 0 Å². The fourth-order valence-electron chi connectivity index (χ4n) is 5.41. The first kappa shape index (κ1) is 29.8. The maximum absolute atomic E-state index is 11.4. The topological polar surface area (TPSA) is 237 Å². The van der Waals surface area contributed by atoms with Gasteiger partial charge in [0.2, 0.25) is 0 Å². The standard InChI is InChI=1S/C24H32N10O8S/c1-31-9-25-3-13(31)11-5-33(29-27-11)17-19(37)15(7-35)41-23(21(17)39)43-24-22(40)18(20(38)16(8-36)42-24)34-6-12(28-30-34)14-4-26-10-32(14)2/h3-6,9-10,15-24,35-40H,7-8H2,1-2H3/t15-,16?,17?,18?,19?,20?,21?,22+,23+,24?/m1/s1. The van der Waals surface area contributed by atoms with Crippen molar-refractivity contribution in [2.75, 3.05) is 13.2 Å². The van der Waals surface area contributed by atoms with Crippen LogP contribution >= 0.6 is 11.8 Å². The molecule has 6 N–H and O–H groups in total. The van der Waals surface area contributed by atoms with Crippen LogP contribution in [0.4, 0.5) is 0 Å². The van der Waals surface area contributed by atoms with Gasteiger partial charge in [0.25, 0.3) is 0 Å². The first-order chi connectivity index (χ1) is 20.7. The molecule has 0 spiro atoms. The Morgan fingerprint density at radius 1 is 0.698 bits per heavy atom. The number of aliphatic hydroxyl groups is 6. The van der Waals surface area contributed by atoms with Gasteiger partial charge in [-0.2, -0.15) is 0 Å². The van der Waals surface area contributed by atoms with Gasteiger partial charge in [0.05, 0.1) is 62.0 Å². The van der Waals surface area contributed by atoms with Crippen molar-refractivity contribution in [3.63, 3.8) is 0 Å². The van der Waals surface area contributed by atoms with Crippen LogP contribution in [0.5, 0.6) is 0 Å². The van der Waals surface area contributed by atoms with Crippen LogP contribution < -0.4 is 0 Å². The summed E-state index contributed by atoms with van der Waals surface area (Å²) < 4.78 is 17.7. The minimum Gasteiger partial charge on any atom is -0.394 e. The zero-order valence-electron chi connectivity index (χ0n) is 23.0. The normalized spacial score (nSPS) is 33.2. The van der Waals surface area contributed by atoms with Crippen molar-refractivity contribution in [3.05, 3.63) is 37.4 Å². The average molecular weight is 621 g/mol. The number of aliphatic hydroxyl groups excluding tert-OH is 6. The summed E-state index contributed by atoms with van der Waals surface area (Å²) in [6.45, 7) is -1.15. The molecule has 18 nitrogen and oxygen atoms in total. The highest BCUT2D eigenvalue weighted by molar-refractivity contribution is 8.00. The summed E-state index contributed by atoms with van der Waals surface area (Å²) in [5.74, 6) is 0. The molecule has 19 heteroatoms. The second kappa shape index (κ2) is 12.0. The number of imidazole rings is 2. The summed E-state index contributed by atoms with van der Waals surface area (Å²) in [6.07, 6.45) is 1.66. The van der Waals surface area contributed by atoms with Gasteiger partial charge in [-0.3, -0.25) is 0 Å². The molecule has 6 heterocycles. The third kappa shape index (κ3) is 5.36. The Morgan fingerprint density at radius 3 is 1.47 bits per heavy atom. The second-order valence-electron chi connectivity index (χ2n) is 10.5. The highest BCUT2D eigenvalue weighted by atomic mass is 32.2. The average Bonchev–Trinajstić information content (AvgIpc) is 3.80. The number of aryl methyl sites for hydroxylation is 2. The van der Waals surface area contributed by atoms with Crippen molar-refractivity contribution in [3.8, 4) is 22.8 Å². The Labute approximate surface area is 248 Å². The molecule has 0 saturated carbocycles. The first-order valence-electron chi connectivity index (χ1n) is 13.4. The number of nitrogens with zero attached hydrogens (tertiary/aromatic N) is 10. The predicted octanol–water partition coefficient (Wildman–Crippen LogP) is -2.94. The van der Waals surface area contributed by atoms with Crippen LogP contribution in [0.1, 0.15) is 12.1 Å². The minimum atomic E-state index is -1.42. The van der Waals surface area contributed by atoms with E-state index in [0.717, 1.165) is 11.8 Å². The van der Waals surface area contributed by atoms with E-state index in [4.69, 9.17) is 9.47 Å². The molecule has 7 unspecified atom stereocenters. The SMILES string of the molecule is Cn1cncc1-c1cn(C2C(O)[C@@H](CO)O[C@@H](SC3OC(CO)C(O)C(n4cc(-c5cncn5C)nn4)[C@@H]3O)C2O)nn1. The quantitative estimate of drug-likeness (QED) is 0.116. The van der Waals surface area contributed by atoms with Crippen LogP contribution in [0.3, 0.4) is 0 Å². The van der Waals surface area contributed by atoms with E-state index in [1.165, 1.54) is 9.36 Å². The lowest BCUT2D eigenvalue weighted by Crippen LogP contribution is -2.58. The summed E-state index contributed by atoms with van der Waals surface area (Å²) in [6, 6.07) is -2.18. The van der Waals surface area contributed by atoms with Crippen molar-refractivity contribution >= 4 is 11.8 Å². The molecule has 0 amide bonds. The van der Waals surface area contributed by atoms with E-state index in [9.17, 15) is 30.6 Å². The van der Waals surface area contributed by atoms with Crippen LogP contribution in [-0.2, 0) is 23.6 Å². The molecule has 43 heavy (non-hydrogen) atoms. The summed E-state index contributed by atoms with van der Waals surface area (Å²) in [5.41, 5.74) is -0.0868. The van der Waals surface area contributed by atoms with E-state index in [-0.39, 0.29) is 0 Å². The minimum absolute atomic E-state index is 0.447. The van der Waals surface area contributed by atoms with E-state index in [0.29, 0.717) is 22.8 Å². The Hall–Kier alpha value is -3.27. The van der Waals surface area contributed by atoms with Crippen molar-refractivity contribution in [2.24, 2.45) is 14.1 Å². The molecular weight excluding hydrogens is 588 g/mol. The lowest BCUT2D eigenvalue weighted by atomic mass is 9.97. The van der Waals surface area contributed by atoms with Gasteiger partial charge < -0.3 is 49.2 Å². The number of thioether (sulfide) groups is 1. The molecule has 4 aromatic heterocycles. The molecule has 10 atom stereocenters.